The number of nitrogens with two attached hydrogens (primary N) is 1. The summed E-state index contributed by atoms with van der Waals surface area (Å²) < 4.78 is 26.6. The lowest BCUT2D eigenvalue weighted by Gasteiger charge is -2.29. The third-order valence-corrected chi connectivity index (χ3v) is 6.78. The summed E-state index contributed by atoms with van der Waals surface area (Å²) >= 11 is 0. The number of hydrogen-bond donors (Lipinski definition) is 3. The van der Waals surface area contributed by atoms with Crippen molar-refractivity contribution in [2.45, 2.75) is 22.7 Å². The quantitative estimate of drug-likeness (QED) is 0.447. The highest BCUT2D eigenvalue weighted by Crippen LogP contribution is 2.37. The third kappa shape index (κ3) is 2.83. The van der Waals surface area contributed by atoms with E-state index in [2.05, 4.69) is 10.3 Å². The molecule has 0 spiro atoms. The number of sulfone groups is 1. The third-order valence-electron chi connectivity index (χ3n) is 4.88. The number of carbonyl (C=O) groups excluding carboxylic acids is 1. The lowest BCUT2D eigenvalue weighted by Crippen LogP contribution is -2.49. The number of nitrogens with one attached hydrogen (secondary N) is 2. The molecule has 0 saturated heterocycles. The molecule has 0 saturated carbocycles. The van der Waals surface area contributed by atoms with E-state index in [9.17, 15) is 23.3 Å². The number of rotatable bonds is 4. The number of amides is 1. The van der Waals surface area contributed by atoms with E-state index >= 15 is 0 Å². The van der Waals surface area contributed by atoms with Crippen molar-refractivity contribution in [3.8, 4) is 0 Å². The fraction of sp³-hybridized carbons (Fsp3) is 0.167. The van der Waals surface area contributed by atoms with Crippen molar-refractivity contribution >= 4 is 32.3 Å². The molecule has 1 aliphatic rings. The van der Waals surface area contributed by atoms with Crippen LogP contribution in [0.3, 0.4) is 0 Å². The monoisotopic (exact) mass is 400 g/mol. The van der Waals surface area contributed by atoms with E-state index in [1.807, 2.05) is 24.3 Å². The SMILES string of the molecule is NC(=O)C1Cc2c([nH]c3ccccc23)C(S(=O)(=O)c2cccc([N+](=O)[O-])c2)N1. The zero-order valence-corrected chi connectivity index (χ0v) is 15.3. The molecular formula is C18H16N4O5S. The fourth-order valence-corrected chi connectivity index (χ4v) is 5.21. The van der Waals surface area contributed by atoms with Crippen LogP contribution in [0.15, 0.2) is 53.4 Å². The van der Waals surface area contributed by atoms with Gasteiger partial charge in [-0.2, -0.15) is 0 Å². The number of aromatic nitrogens is 1. The van der Waals surface area contributed by atoms with Crippen LogP contribution < -0.4 is 11.1 Å². The van der Waals surface area contributed by atoms with Gasteiger partial charge in [-0.3, -0.25) is 20.2 Å². The van der Waals surface area contributed by atoms with Crippen LogP contribution in [-0.2, 0) is 21.1 Å². The molecule has 9 nitrogen and oxygen atoms in total. The molecule has 0 radical (unpaired) electrons. The summed E-state index contributed by atoms with van der Waals surface area (Å²) in [5.74, 6) is -0.671. The van der Waals surface area contributed by atoms with Gasteiger partial charge in [-0.15, -0.1) is 0 Å². The van der Waals surface area contributed by atoms with Crippen molar-refractivity contribution in [3.05, 3.63) is 69.9 Å². The Labute approximate surface area is 159 Å². The van der Waals surface area contributed by atoms with E-state index in [0.29, 0.717) is 11.3 Å². The van der Waals surface area contributed by atoms with Crippen molar-refractivity contribution in [1.29, 1.82) is 0 Å². The van der Waals surface area contributed by atoms with Gasteiger partial charge in [0.15, 0.2) is 15.2 Å². The van der Waals surface area contributed by atoms with Crippen LogP contribution in [0.2, 0.25) is 0 Å². The van der Waals surface area contributed by atoms with Crippen LogP contribution in [0.1, 0.15) is 16.6 Å². The summed E-state index contributed by atoms with van der Waals surface area (Å²) in [6, 6.07) is 11.2. The number of benzene rings is 2. The molecule has 2 heterocycles. The van der Waals surface area contributed by atoms with Crippen molar-refractivity contribution in [3.63, 3.8) is 0 Å². The van der Waals surface area contributed by atoms with Crippen LogP contribution in [0.4, 0.5) is 5.69 Å². The predicted molar refractivity (Wildman–Crippen MR) is 101 cm³/mol. The Morgan fingerprint density at radius 2 is 1.93 bits per heavy atom. The molecule has 1 aromatic heterocycles. The van der Waals surface area contributed by atoms with Crippen LogP contribution in [0.5, 0.6) is 0 Å². The molecule has 144 valence electrons. The number of hydrogen-bond acceptors (Lipinski definition) is 6. The van der Waals surface area contributed by atoms with Gasteiger partial charge in [-0.1, -0.05) is 24.3 Å². The number of non-ortho nitro benzene ring substituents is 1. The normalized spacial score (nSPS) is 19.3. The minimum Gasteiger partial charge on any atom is -0.368 e. The second-order valence-electron chi connectivity index (χ2n) is 6.57. The Morgan fingerprint density at radius 3 is 2.64 bits per heavy atom. The molecule has 28 heavy (non-hydrogen) atoms. The van der Waals surface area contributed by atoms with Gasteiger partial charge in [0.05, 0.1) is 21.6 Å². The van der Waals surface area contributed by atoms with Crippen LogP contribution >= 0.6 is 0 Å². The highest BCUT2D eigenvalue weighted by molar-refractivity contribution is 7.91. The van der Waals surface area contributed by atoms with Crippen molar-refractivity contribution in [2.75, 3.05) is 0 Å². The number of primary amides is 1. The molecule has 1 amide bonds. The highest BCUT2D eigenvalue weighted by Gasteiger charge is 2.40. The number of H-pyrrole nitrogens is 1. The van der Waals surface area contributed by atoms with Gasteiger partial charge in [0, 0.05) is 23.0 Å². The molecule has 3 aromatic rings. The molecule has 0 fully saturated rings. The molecule has 4 N–H and O–H groups in total. The fourth-order valence-electron chi connectivity index (χ4n) is 3.53. The molecule has 10 heteroatoms. The van der Waals surface area contributed by atoms with E-state index in [4.69, 9.17) is 5.73 Å². The Bertz CT molecular complexity index is 1220. The molecule has 2 aromatic carbocycles. The second-order valence-corrected chi connectivity index (χ2v) is 8.60. The zero-order valence-electron chi connectivity index (χ0n) is 14.5. The van der Waals surface area contributed by atoms with Gasteiger partial charge in [-0.05, 0) is 24.1 Å². The number of para-hydroxylation sites is 1. The number of nitro groups is 1. The van der Waals surface area contributed by atoms with Gasteiger partial charge in [-0.25, -0.2) is 8.42 Å². The molecule has 4 rings (SSSR count). The van der Waals surface area contributed by atoms with E-state index < -0.39 is 32.1 Å². The zero-order chi connectivity index (χ0) is 20.1. The molecule has 0 aliphatic carbocycles. The average molecular weight is 400 g/mol. The van der Waals surface area contributed by atoms with Crippen molar-refractivity contribution in [2.24, 2.45) is 5.73 Å². The maximum Gasteiger partial charge on any atom is 0.270 e. The molecule has 1 aliphatic heterocycles. The van der Waals surface area contributed by atoms with E-state index in [1.165, 1.54) is 18.2 Å². The lowest BCUT2D eigenvalue weighted by atomic mass is 9.98. The number of fused-ring (bicyclic) bond motifs is 3. The van der Waals surface area contributed by atoms with Gasteiger partial charge in [0.25, 0.3) is 5.69 Å². The number of nitrogens with zero attached hydrogens (tertiary/aromatic N) is 1. The Hall–Kier alpha value is -3.24. The molecule has 2 unspecified atom stereocenters. The maximum atomic E-state index is 13.3. The Kier molecular flexibility index (Phi) is 4.16. The first-order chi connectivity index (χ1) is 13.3. The largest absolute Gasteiger partial charge is 0.368 e. The predicted octanol–water partition coefficient (Wildman–Crippen LogP) is 1.55. The molecular weight excluding hydrogens is 384 g/mol. The first-order valence-electron chi connectivity index (χ1n) is 8.42. The molecule has 2 atom stereocenters. The van der Waals surface area contributed by atoms with Crippen LogP contribution in [0.25, 0.3) is 10.9 Å². The number of carbonyl (C=O) groups is 1. The van der Waals surface area contributed by atoms with Crippen molar-refractivity contribution < 1.29 is 18.1 Å². The highest BCUT2D eigenvalue weighted by atomic mass is 32.2. The van der Waals surface area contributed by atoms with Crippen LogP contribution in [0, 0.1) is 10.1 Å². The topological polar surface area (TPSA) is 148 Å². The number of nitro benzene ring substituents is 1. The van der Waals surface area contributed by atoms with Gasteiger partial charge in [0.2, 0.25) is 5.91 Å². The first kappa shape index (κ1) is 18.1. The summed E-state index contributed by atoms with van der Waals surface area (Å²) in [4.78, 5) is 25.1. The minimum absolute atomic E-state index is 0.214. The molecule has 0 bridgehead atoms. The summed E-state index contributed by atoms with van der Waals surface area (Å²) in [5.41, 5.74) is 6.95. The lowest BCUT2D eigenvalue weighted by molar-refractivity contribution is -0.385. The van der Waals surface area contributed by atoms with Gasteiger partial charge < -0.3 is 10.7 Å². The van der Waals surface area contributed by atoms with Gasteiger partial charge in [0.1, 0.15) is 0 Å². The Morgan fingerprint density at radius 1 is 1.18 bits per heavy atom. The Balaban J connectivity index is 1.90. The van der Waals surface area contributed by atoms with E-state index in [1.54, 1.807) is 0 Å². The summed E-state index contributed by atoms with van der Waals surface area (Å²) in [7, 11) is -4.10. The average Bonchev–Trinajstić information content (AvgIpc) is 3.05. The summed E-state index contributed by atoms with van der Waals surface area (Å²) in [5, 5.41) is 13.4. The van der Waals surface area contributed by atoms with Crippen molar-refractivity contribution in [1.82, 2.24) is 10.3 Å². The van der Waals surface area contributed by atoms with E-state index in [-0.39, 0.29) is 17.0 Å². The summed E-state index contributed by atoms with van der Waals surface area (Å²) in [6.07, 6.45) is 0.246. The second kappa shape index (κ2) is 6.43. The first-order valence-corrected chi connectivity index (χ1v) is 9.97. The van der Waals surface area contributed by atoms with E-state index in [0.717, 1.165) is 17.0 Å². The maximum absolute atomic E-state index is 13.3. The minimum atomic E-state index is -4.10. The van der Waals surface area contributed by atoms with Crippen LogP contribution in [-0.4, -0.2) is 30.3 Å². The smallest absolute Gasteiger partial charge is 0.270 e. The summed E-state index contributed by atoms with van der Waals surface area (Å²) in [6.45, 7) is 0. The standard InChI is InChI=1S/C18H16N4O5S/c19-17(23)15-9-13-12-6-1-2-7-14(12)20-16(13)18(21-15)28(26,27)11-5-3-4-10(8-11)22(24)25/h1-8,15,18,20-21H,9H2,(H2,19,23). The van der Waals surface area contributed by atoms with Gasteiger partial charge >= 0.3 is 0 Å². The number of aromatic amines is 1.